The molecule has 0 aliphatic rings. The number of ether oxygens (including phenoxy) is 3. The van der Waals surface area contributed by atoms with Gasteiger partial charge in [0, 0.05) is 23.3 Å². The lowest BCUT2D eigenvalue weighted by Crippen LogP contribution is -2.04. The molecule has 6 nitrogen and oxygen atoms in total. The van der Waals surface area contributed by atoms with Crippen molar-refractivity contribution in [2.75, 3.05) is 20.0 Å². The molecule has 2 N–H and O–H groups in total. The average molecular weight is 359 g/mol. The first-order chi connectivity index (χ1) is 12.0. The van der Waals surface area contributed by atoms with E-state index in [1.165, 1.54) is 14.2 Å². The van der Waals surface area contributed by atoms with Crippen LogP contribution in [0.3, 0.4) is 0 Å². The number of aromatic nitrogens is 1. The van der Waals surface area contributed by atoms with Gasteiger partial charge in [-0.25, -0.2) is 4.79 Å². The van der Waals surface area contributed by atoms with Crippen LogP contribution in [0, 0.1) is 0 Å². The molecule has 128 valence electrons. The Morgan fingerprint density at radius 1 is 1.08 bits per heavy atom. The Morgan fingerprint density at radius 2 is 1.88 bits per heavy atom. The Bertz CT molecular complexity index is 959. The number of benzene rings is 2. The SMILES string of the molecule is COC(=O)c1cc2c(Oc3ccc(N)cc3Cl)ccnc2cc1OC. The van der Waals surface area contributed by atoms with E-state index in [0.29, 0.717) is 38.9 Å². The number of carbonyl (C=O) groups is 1. The van der Waals surface area contributed by atoms with Gasteiger partial charge in [-0.15, -0.1) is 0 Å². The number of anilines is 1. The summed E-state index contributed by atoms with van der Waals surface area (Å²) < 4.78 is 16.0. The number of halogens is 1. The molecular formula is C18H15ClN2O4. The van der Waals surface area contributed by atoms with Crippen LogP contribution in [0.15, 0.2) is 42.6 Å². The van der Waals surface area contributed by atoms with Gasteiger partial charge in [-0.05, 0) is 30.3 Å². The third kappa shape index (κ3) is 3.29. The molecule has 2 aromatic carbocycles. The molecule has 25 heavy (non-hydrogen) atoms. The zero-order valence-electron chi connectivity index (χ0n) is 13.6. The van der Waals surface area contributed by atoms with Crippen LogP contribution >= 0.6 is 11.6 Å². The lowest BCUT2D eigenvalue weighted by molar-refractivity contribution is 0.0597. The molecule has 1 aromatic heterocycles. The van der Waals surface area contributed by atoms with Gasteiger partial charge in [0.05, 0.1) is 24.8 Å². The molecular weight excluding hydrogens is 344 g/mol. The maximum Gasteiger partial charge on any atom is 0.341 e. The van der Waals surface area contributed by atoms with Crippen LogP contribution in [0.2, 0.25) is 5.02 Å². The van der Waals surface area contributed by atoms with E-state index < -0.39 is 5.97 Å². The van der Waals surface area contributed by atoms with Crippen LogP contribution in [0.4, 0.5) is 5.69 Å². The largest absolute Gasteiger partial charge is 0.496 e. The number of fused-ring (bicyclic) bond motifs is 1. The molecule has 7 heteroatoms. The van der Waals surface area contributed by atoms with Crippen molar-refractivity contribution in [2.45, 2.75) is 0 Å². The van der Waals surface area contributed by atoms with Crippen molar-refractivity contribution >= 4 is 34.2 Å². The number of nitrogen functional groups attached to an aromatic ring is 1. The van der Waals surface area contributed by atoms with Gasteiger partial charge in [0.2, 0.25) is 0 Å². The number of hydrogen-bond acceptors (Lipinski definition) is 6. The second-order valence-electron chi connectivity index (χ2n) is 5.16. The highest BCUT2D eigenvalue weighted by Gasteiger charge is 2.17. The van der Waals surface area contributed by atoms with E-state index >= 15 is 0 Å². The summed E-state index contributed by atoms with van der Waals surface area (Å²) in [5, 5.41) is 1.00. The van der Waals surface area contributed by atoms with Crippen LogP contribution in [0.1, 0.15) is 10.4 Å². The molecule has 0 aliphatic carbocycles. The molecule has 0 aliphatic heterocycles. The quantitative estimate of drug-likeness (QED) is 0.559. The van der Waals surface area contributed by atoms with E-state index in [1.807, 2.05) is 0 Å². The topological polar surface area (TPSA) is 83.7 Å². The van der Waals surface area contributed by atoms with Crippen LogP contribution in [0.25, 0.3) is 10.9 Å². The number of nitrogens with zero attached hydrogens (tertiary/aromatic N) is 1. The van der Waals surface area contributed by atoms with Crippen LogP contribution in [-0.2, 0) is 4.74 Å². The summed E-state index contributed by atoms with van der Waals surface area (Å²) in [6.07, 6.45) is 1.60. The highest BCUT2D eigenvalue weighted by molar-refractivity contribution is 6.32. The molecule has 3 rings (SSSR count). The second kappa shape index (κ2) is 6.86. The van der Waals surface area contributed by atoms with Gasteiger partial charge >= 0.3 is 5.97 Å². The van der Waals surface area contributed by atoms with E-state index in [4.69, 9.17) is 31.5 Å². The number of carbonyl (C=O) groups excluding carboxylic acids is 1. The van der Waals surface area contributed by atoms with E-state index in [-0.39, 0.29) is 5.56 Å². The van der Waals surface area contributed by atoms with Gasteiger partial charge in [0.25, 0.3) is 0 Å². The monoisotopic (exact) mass is 358 g/mol. The fourth-order valence-electron chi connectivity index (χ4n) is 2.39. The van der Waals surface area contributed by atoms with Crippen molar-refractivity contribution in [3.8, 4) is 17.2 Å². The van der Waals surface area contributed by atoms with Gasteiger partial charge < -0.3 is 19.9 Å². The Balaban J connectivity index is 2.13. The van der Waals surface area contributed by atoms with Crippen molar-refractivity contribution in [1.29, 1.82) is 0 Å². The van der Waals surface area contributed by atoms with E-state index in [2.05, 4.69) is 4.98 Å². The Hall–Kier alpha value is -2.99. The predicted octanol–water partition coefficient (Wildman–Crippen LogP) is 4.06. The molecule has 0 amide bonds. The Kier molecular flexibility index (Phi) is 4.63. The fraction of sp³-hybridized carbons (Fsp3) is 0.111. The summed E-state index contributed by atoms with van der Waals surface area (Å²) in [6, 6.07) is 9.92. The molecule has 0 spiro atoms. The first kappa shape index (κ1) is 16.9. The second-order valence-corrected chi connectivity index (χ2v) is 5.57. The van der Waals surface area contributed by atoms with Gasteiger partial charge in [-0.2, -0.15) is 0 Å². The molecule has 1 heterocycles. The smallest absolute Gasteiger partial charge is 0.341 e. The summed E-state index contributed by atoms with van der Waals surface area (Å²) in [6.45, 7) is 0. The summed E-state index contributed by atoms with van der Waals surface area (Å²) in [5.74, 6) is 0.789. The maximum absolute atomic E-state index is 12.0. The Labute approximate surface area is 149 Å². The number of hydrogen-bond donors (Lipinski definition) is 1. The molecule has 0 saturated carbocycles. The first-order valence-electron chi connectivity index (χ1n) is 7.31. The minimum absolute atomic E-state index is 0.277. The third-order valence-corrected chi connectivity index (χ3v) is 3.90. The third-order valence-electron chi connectivity index (χ3n) is 3.60. The maximum atomic E-state index is 12.0. The van der Waals surface area contributed by atoms with Crippen LogP contribution in [0.5, 0.6) is 17.2 Å². The summed E-state index contributed by atoms with van der Waals surface area (Å²) >= 11 is 6.17. The van der Waals surface area contributed by atoms with E-state index in [9.17, 15) is 4.79 Å². The number of methoxy groups -OCH3 is 2. The zero-order valence-corrected chi connectivity index (χ0v) is 14.3. The normalized spacial score (nSPS) is 10.5. The molecule has 0 unspecified atom stereocenters. The Morgan fingerprint density at radius 3 is 2.56 bits per heavy atom. The van der Waals surface area contributed by atoms with Gasteiger partial charge in [0.1, 0.15) is 22.8 Å². The lowest BCUT2D eigenvalue weighted by Gasteiger charge is -2.13. The number of esters is 1. The van der Waals surface area contributed by atoms with Gasteiger partial charge in [-0.3, -0.25) is 4.98 Å². The summed E-state index contributed by atoms with van der Waals surface area (Å²) in [7, 11) is 2.78. The van der Waals surface area contributed by atoms with Gasteiger partial charge in [0.15, 0.2) is 0 Å². The number of nitrogens with two attached hydrogens (primary N) is 1. The van der Waals surface area contributed by atoms with E-state index in [1.54, 1.807) is 42.6 Å². The standard InChI is InChI=1S/C18H15ClN2O4/c1-23-17-9-14-11(8-12(17)18(22)24-2)15(5-6-21-14)25-16-4-3-10(20)7-13(16)19/h3-9H,20H2,1-2H3. The van der Waals surface area contributed by atoms with Crippen molar-refractivity contribution in [2.24, 2.45) is 0 Å². The summed E-state index contributed by atoms with van der Waals surface area (Å²) in [5.41, 5.74) is 7.12. The summed E-state index contributed by atoms with van der Waals surface area (Å²) in [4.78, 5) is 16.3. The average Bonchev–Trinajstić information content (AvgIpc) is 2.62. The fourth-order valence-corrected chi connectivity index (χ4v) is 2.62. The molecule has 0 radical (unpaired) electrons. The molecule has 0 atom stereocenters. The minimum atomic E-state index is -0.515. The molecule has 0 bridgehead atoms. The van der Waals surface area contributed by atoms with Crippen LogP contribution in [-0.4, -0.2) is 25.2 Å². The molecule has 0 saturated heterocycles. The van der Waals surface area contributed by atoms with E-state index in [0.717, 1.165) is 0 Å². The highest BCUT2D eigenvalue weighted by Crippen LogP contribution is 2.36. The van der Waals surface area contributed by atoms with Crippen LogP contribution < -0.4 is 15.2 Å². The minimum Gasteiger partial charge on any atom is -0.496 e. The number of rotatable bonds is 4. The molecule has 3 aromatic rings. The first-order valence-corrected chi connectivity index (χ1v) is 7.69. The zero-order chi connectivity index (χ0) is 18.0. The van der Waals surface area contributed by atoms with Crippen molar-refractivity contribution in [3.63, 3.8) is 0 Å². The van der Waals surface area contributed by atoms with Crippen molar-refractivity contribution < 1.29 is 19.0 Å². The highest BCUT2D eigenvalue weighted by atomic mass is 35.5. The lowest BCUT2D eigenvalue weighted by atomic mass is 10.1. The predicted molar refractivity (Wildman–Crippen MR) is 95.6 cm³/mol. The van der Waals surface area contributed by atoms with Crippen molar-refractivity contribution in [3.05, 3.63) is 53.2 Å². The number of pyridine rings is 1. The van der Waals surface area contributed by atoms with Crippen molar-refractivity contribution in [1.82, 2.24) is 4.98 Å². The molecule has 0 fully saturated rings. The van der Waals surface area contributed by atoms with Gasteiger partial charge in [-0.1, -0.05) is 11.6 Å².